The first-order valence-electron chi connectivity index (χ1n) is 6.66. The number of carbonyl (C=O) groups is 1. The van der Waals surface area contributed by atoms with Crippen LogP contribution in [0.3, 0.4) is 0 Å². The Morgan fingerprint density at radius 1 is 1.28 bits per heavy atom. The molecule has 0 aromatic heterocycles. The maximum Gasteiger partial charge on any atom is 0.226 e. The molecule has 1 aliphatic rings. The zero-order valence-corrected chi connectivity index (χ0v) is 11.0. The summed E-state index contributed by atoms with van der Waals surface area (Å²) in [6.45, 7) is 0.427. The van der Waals surface area contributed by atoms with Gasteiger partial charge in [0.15, 0.2) is 0 Å². The van der Waals surface area contributed by atoms with Gasteiger partial charge in [-0.15, -0.1) is 0 Å². The van der Waals surface area contributed by atoms with Gasteiger partial charge in [-0.25, -0.2) is 0 Å². The third-order valence-corrected chi connectivity index (χ3v) is 3.63. The Morgan fingerprint density at radius 3 is 2.72 bits per heavy atom. The number of aryl methyl sites for hydroxylation is 2. The summed E-state index contributed by atoms with van der Waals surface area (Å²) in [7, 11) is 1.73. The minimum atomic E-state index is 0.0203. The Morgan fingerprint density at radius 2 is 2.00 bits per heavy atom. The summed E-state index contributed by atoms with van der Waals surface area (Å²) in [6, 6.07) is 6.41. The molecule has 98 valence electrons. The third-order valence-electron chi connectivity index (χ3n) is 3.63. The molecule has 0 saturated carbocycles. The number of hydrogen-bond acceptors (Lipinski definition) is 2. The second-order valence-electron chi connectivity index (χ2n) is 5.03. The van der Waals surface area contributed by atoms with Crippen LogP contribution in [0.5, 0.6) is 0 Å². The van der Waals surface area contributed by atoms with E-state index >= 15 is 0 Å². The first kappa shape index (κ1) is 13.1. The van der Waals surface area contributed by atoms with Gasteiger partial charge in [-0.1, -0.05) is 18.2 Å². The zero-order valence-electron chi connectivity index (χ0n) is 11.0. The molecule has 1 aromatic carbocycles. The highest BCUT2D eigenvalue weighted by Crippen LogP contribution is 2.22. The molecule has 0 fully saturated rings. The van der Waals surface area contributed by atoms with E-state index in [1.807, 2.05) is 0 Å². The van der Waals surface area contributed by atoms with Crippen LogP contribution in [0.15, 0.2) is 18.2 Å². The van der Waals surface area contributed by atoms with E-state index in [1.54, 1.807) is 11.9 Å². The molecule has 0 saturated heterocycles. The summed E-state index contributed by atoms with van der Waals surface area (Å²) in [5, 5.41) is 8.82. The van der Waals surface area contributed by atoms with E-state index in [0.29, 0.717) is 13.0 Å². The quantitative estimate of drug-likeness (QED) is 0.877. The molecule has 18 heavy (non-hydrogen) atoms. The van der Waals surface area contributed by atoms with Crippen LogP contribution in [-0.2, 0) is 24.1 Å². The fourth-order valence-corrected chi connectivity index (χ4v) is 2.48. The van der Waals surface area contributed by atoms with Crippen molar-refractivity contribution in [3.63, 3.8) is 0 Å². The van der Waals surface area contributed by atoms with E-state index in [-0.39, 0.29) is 12.5 Å². The normalized spacial score (nSPS) is 14.1. The molecule has 1 aliphatic carbocycles. The predicted molar refractivity (Wildman–Crippen MR) is 71.5 cm³/mol. The van der Waals surface area contributed by atoms with Gasteiger partial charge in [-0.05, 0) is 42.4 Å². The predicted octanol–water partition coefficient (Wildman–Crippen LogP) is 1.56. The van der Waals surface area contributed by atoms with Gasteiger partial charge in [0.2, 0.25) is 5.91 Å². The van der Waals surface area contributed by atoms with Gasteiger partial charge in [0.05, 0.1) is 13.0 Å². The van der Waals surface area contributed by atoms with Gasteiger partial charge in [0.1, 0.15) is 0 Å². The van der Waals surface area contributed by atoms with Crippen LogP contribution in [0.1, 0.15) is 29.5 Å². The van der Waals surface area contributed by atoms with Gasteiger partial charge in [-0.3, -0.25) is 4.79 Å². The lowest BCUT2D eigenvalue weighted by Crippen LogP contribution is -2.30. The average molecular weight is 247 g/mol. The lowest BCUT2D eigenvalue weighted by molar-refractivity contribution is -0.129. The molecule has 1 aromatic rings. The average Bonchev–Trinajstić information content (AvgIpc) is 2.39. The number of aliphatic hydroxyl groups is 1. The van der Waals surface area contributed by atoms with Gasteiger partial charge < -0.3 is 10.0 Å². The summed E-state index contributed by atoms with van der Waals surface area (Å²) < 4.78 is 0. The third kappa shape index (κ3) is 3.10. The van der Waals surface area contributed by atoms with E-state index < -0.39 is 0 Å². The summed E-state index contributed by atoms with van der Waals surface area (Å²) in [5.41, 5.74) is 3.95. The zero-order chi connectivity index (χ0) is 13.0. The van der Waals surface area contributed by atoms with Crippen LogP contribution < -0.4 is 0 Å². The van der Waals surface area contributed by atoms with Crippen molar-refractivity contribution in [2.75, 3.05) is 20.2 Å². The number of fused-ring (bicyclic) bond motifs is 1. The smallest absolute Gasteiger partial charge is 0.226 e. The van der Waals surface area contributed by atoms with Gasteiger partial charge in [-0.2, -0.15) is 0 Å². The first-order valence-corrected chi connectivity index (χ1v) is 6.66. The summed E-state index contributed by atoms with van der Waals surface area (Å²) in [5.74, 6) is 0.0693. The number of rotatable bonds is 4. The molecule has 0 radical (unpaired) electrons. The van der Waals surface area contributed by atoms with E-state index in [9.17, 15) is 4.79 Å². The van der Waals surface area contributed by atoms with Gasteiger partial charge in [0.25, 0.3) is 0 Å². The highest BCUT2D eigenvalue weighted by Gasteiger charge is 2.12. The summed E-state index contributed by atoms with van der Waals surface area (Å²) in [6.07, 6.45) is 5.29. The minimum absolute atomic E-state index is 0.0203. The topological polar surface area (TPSA) is 40.5 Å². The van der Waals surface area contributed by atoms with Crippen molar-refractivity contribution in [3.05, 3.63) is 34.9 Å². The molecular weight excluding hydrogens is 226 g/mol. The van der Waals surface area contributed by atoms with E-state index in [1.165, 1.54) is 30.4 Å². The maximum absolute atomic E-state index is 11.9. The number of aliphatic hydroxyl groups excluding tert-OH is 1. The monoisotopic (exact) mass is 247 g/mol. The Hall–Kier alpha value is -1.35. The van der Waals surface area contributed by atoms with Crippen LogP contribution >= 0.6 is 0 Å². The molecule has 0 aliphatic heterocycles. The van der Waals surface area contributed by atoms with Crippen molar-refractivity contribution >= 4 is 5.91 Å². The fourth-order valence-electron chi connectivity index (χ4n) is 2.48. The second-order valence-corrected chi connectivity index (χ2v) is 5.03. The molecule has 0 unspecified atom stereocenters. The number of amides is 1. The van der Waals surface area contributed by atoms with Crippen LogP contribution in [-0.4, -0.2) is 36.1 Å². The number of benzene rings is 1. The molecule has 0 spiro atoms. The lowest BCUT2D eigenvalue weighted by atomic mass is 9.90. The number of hydrogen-bond donors (Lipinski definition) is 1. The molecular formula is C15H21NO2. The Labute approximate surface area is 108 Å². The second kappa shape index (κ2) is 6.01. The SMILES string of the molecule is CN(CCO)C(=O)Cc1ccc2c(c1)CCCC2. The van der Waals surface area contributed by atoms with Crippen molar-refractivity contribution < 1.29 is 9.90 Å². The number of carbonyl (C=O) groups excluding carboxylic acids is 1. The molecule has 3 heteroatoms. The Balaban J connectivity index is 2.03. The van der Waals surface area contributed by atoms with Crippen molar-refractivity contribution in [2.24, 2.45) is 0 Å². The molecule has 0 bridgehead atoms. The Kier molecular flexibility index (Phi) is 4.37. The fraction of sp³-hybridized carbons (Fsp3) is 0.533. The highest BCUT2D eigenvalue weighted by molar-refractivity contribution is 5.78. The Bertz CT molecular complexity index is 429. The number of nitrogens with zero attached hydrogens (tertiary/aromatic N) is 1. The first-order chi connectivity index (χ1) is 8.70. The van der Waals surface area contributed by atoms with E-state index in [0.717, 1.165) is 12.0 Å². The summed E-state index contributed by atoms with van der Waals surface area (Å²) >= 11 is 0. The van der Waals surface area contributed by atoms with E-state index in [2.05, 4.69) is 18.2 Å². The van der Waals surface area contributed by atoms with Crippen molar-refractivity contribution in [3.8, 4) is 0 Å². The van der Waals surface area contributed by atoms with Crippen molar-refractivity contribution in [2.45, 2.75) is 32.1 Å². The molecule has 1 N–H and O–H groups in total. The molecule has 0 heterocycles. The van der Waals surface area contributed by atoms with Crippen LogP contribution in [0, 0.1) is 0 Å². The molecule has 3 nitrogen and oxygen atoms in total. The van der Waals surface area contributed by atoms with Gasteiger partial charge >= 0.3 is 0 Å². The van der Waals surface area contributed by atoms with Crippen molar-refractivity contribution in [1.82, 2.24) is 4.90 Å². The molecule has 1 amide bonds. The van der Waals surface area contributed by atoms with Crippen LogP contribution in [0.4, 0.5) is 0 Å². The highest BCUT2D eigenvalue weighted by atomic mass is 16.3. The van der Waals surface area contributed by atoms with Gasteiger partial charge in [0, 0.05) is 13.6 Å². The number of likely N-dealkylation sites (N-methyl/N-ethyl adjacent to an activating group) is 1. The van der Waals surface area contributed by atoms with Crippen molar-refractivity contribution in [1.29, 1.82) is 0 Å². The largest absolute Gasteiger partial charge is 0.395 e. The minimum Gasteiger partial charge on any atom is -0.395 e. The standard InChI is InChI=1S/C15H21NO2/c1-16(8-9-17)15(18)11-12-6-7-13-4-2-3-5-14(13)10-12/h6-7,10,17H,2-5,8-9,11H2,1H3. The van der Waals surface area contributed by atoms with Crippen LogP contribution in [0.2, 0.25) is 0 Å². The maximum atomic E-state index is 11.9. The lowest BCUT2D eigenvalue weighted by Gasteiger charge is -2.18. The summed E-state index contributed by atoms with van der Waals surface area (Å²) in [4.78, 5) is 13.5. The van der Waals surface area contributed by atoms with Crippen LogP contribution in [0.25, 0.3) is 0 Å². The molecule has 0 atom stereocenters. The van der Waals surface area contributed by atoms with E-state index in [4.69, 9.17) is 5.11 Å². The molecule has 2 rings (SSSR count).